The first kappa shape index (κ1) is 23.7. The molecule has 1 aromatic carbocycles. The number of piperidine rings is 1. The third-order valence-electron chi connectivity index (χ3n) is 6.00. The van der Waals surface area contributed by atoms with Crippen LogP contribution in [0.25, 0.3) is 0 Å². The summed E-state index contributed by atoms with van der Waals surface area (Å²) >= 11 is 5.94. The third kappa shape index (κ3) is 5.56. The van der Waals surface area contributed by atoms with E-state index >= 15 is 0 Å². The zero-order valence-electron chi connectivity index (χ0n) is 18.2. The fourth-order valence-corrected chi connectivity index (χ4v) is 4.75. The van der Waals surface area contributed by atoms with Crippen LogP contribution in [0, 0.1) is 5.82 Å². The van der Waals surface area contributed by atoms with Gasteiger partial charge in [0.1, 0.15) is 30.0 Å². The van der Waals surface area contributed by atoms with Crippen LogP contribution in [0.3, 0.4) is 0 Å². The van der Waals surface area contributed by atoms with Crippen LogP contribution in [-0.4, -0.2) is 64.1 Å². The number of rotatable bonds is 8. The Bertz CT molecular complexity index is 1070. The van der Waals surface area contributed by atoms with Crippen LogP contribution in [-0.2, 0) is 9.59 Å². The largest absolute Gasteiger partial charge is 0.490 e. The molecule has 1 aromatic heterocycles. The molecule has 0 saturated carbocycles. The van der Waals surface area contributed by atoms with Gasteiger partial charge in [-0.2, -0.15) is 0 Å². The summed E-state index contributed by atoms with van der Waals surface area (Å²) in [5.41, 5.74) is 0.0518. The topological polar surface area (TPSA) is 121 Å². The standard InChI is InChI=1S/C23H24ClFN4O5/c24-13-7-19(23(33)28-12-21(31)32)22(26-10-13)27-11-20(30)29-15-3-4-16(29)9-18(8-15)34-17-5-1-14(25)2-6-17/h1-2,5-7,10,15-16,18H,3-4,8-9,11-12H2,(H,26,27)(H,28,33)(H,31,32)/t15-,16+,18?. The number of nitrogens with zero attached hydrogens (tertiary/aromatic N) is 2. The third-order valence-corrected chi connectivity index (χ3v) is 6.21. The molecule has 2 fully saturated rings. The van der Waals surface area contributed by atoms with Crippen molar-refractivity contribution >= 4 is 35.2 Å². The monoisotopic (exact) mass is 490 g/mol. The maximum Gasteiger partial charge on any atom is 0.322 e. The smallest absolute Gasteiger partial charge is 0.322 e. The highest BCUT2D eigenvalue weighted by Gasteiger charge is 2.43. The molecule has 3 heterocycles. The van der Waals surface area contributed by atoms with Crippen LogP contribution in [0.4, 0.5) is 10.2 Å². The van der Waals surface area contributed by atoms with Gasteiger partial charge in [0.25, 0.3) is 5.91 Å². The second kappa shape index (κ2) is 10.3. The number of hydrogen-bond donors (Lipinski definition) is 3. The van der Waals surface area contributed by atoms with Crippen LogP contribution in [0.2, 0.25) is 5.02 Å². The van der Waals surface area contributed by atoms with Gasteiger partial charge in [0, 0.05) is 31.1 Å². The highest BCUT2D eigenvalue weighted by atomic mass is 35.5. The van der Waals surface area contributed by atoms with Crippen LogP contribution in [0.15, 0.2) is 36.5 Å². The lowest BCUT2D eigenvalue weighted by atomic mass is 9.99. The predicted molar refractivity (Wildman–Crippen MR) is 121 cm³/mol. The van der Waals surface area contributed by atoms with E-state index in [0.717, 1.165) is 12.8 Å². The number of carbonyl (C=O) groups excluding carboxylic acids is 2. The molecular formula is C23H24ClFN4O5. The summed E-state index contributed by atoms with van der Waals surface area (Å²) in [5, 5.41) is 14.1. The molecule has 0 spiro atoms. The average Bonchev–Trinajstić information content (AvgIpc) is 3.08. The predicted octanol–water partition coefficient (Wildman–Crippen LogP) is 2.70. The van der Waals surface area contributed by atoms with E-state index in [-0.39, 0.29) is 52.9 Å². The zero-order valence-corrected chi connectivity index (χ0v) is 18.9. The number of benzene rings is 1. The number of amides is 2. The number of hydrogen-bond acceptors (Lipinski definition) is 6. The number of halogens is 2. The van der Waals surface area contributed by atoms with E-state index in [4.69, 9.17) is 21.4 Å². The summed E-state index contributed by atoms with van der Waals surface area (Å²) in [5.74, 6) is -1.54. The van der Waals surface area contributed by atoms with Crippen molar-refractivity contribution in [2.75, 3.05) is 18.4 Å². The number of aromatic nitrogens is 1. The van der Waals surface area contributed by atoms with Gasteiger partial charge >= 0.3 is 5.97 Å². The fraction of sp³-hybridized carbons (Fsp3) is 0.391. The minimum absolute atomic E-state index is 0.0370. The Morgan fingerprint density at radius 2 is 1.82 bits per heavy atom. The van der Waals surface area contributed by atoms with Crippen molar-refractivity contribution in [3.05, 3.63) is 52.9 Å². The van der Waals surface area contributed by atoms with Gasteiger partial charge in [-0.25, -0.2) is 9.37 Å². The molecule has 2 bridgehead atoms. The van der Waals surface area contributed by atoms with Gasteiger partial charge in [-0.05, 0) is 43.2 Å². The van der Waals surface area contributed by atoms with Crippen LogP contribution < -0.4 is 15.4 Å². The molecule has 34 heavy (non-hydrogen) atoms. The van der Waals surface area contributed by atoms with Gasteiger partial charge in [-0.15, -0.1) is 0 Å². The number of aliphatic carboxylic acids is 1. The van der Waals surface area contributed by atoms with Gasteiger partial charge in [0.15, 0.2) is 0 Å². The molecule has 2 aromatic rings. The van der Waals surface area contributed by atoms with Gasteiger partial charge in [-0.1, -0.05) is 11.6 Å². The Morgan fingerprint density at radius 3 is 2.47 bits per heavy atom. The Morgan fingerprint density at radius 1 is 1.15 bits per heavy atom. The first-order valence-corrected chi connectivity index (χ1v) is 11.3. The molecule has 180 valence electrons. The maximum atomic E-state index is 13.1. The SMILES string of the molecule is O=C(O)CNC(=O)c1cc(Cl)cnc1NCC(=O)N1[C@@H]2CC[C@H]1CC(Oc1ccc(F)cc1)C2. The number of anilines is 1. The molecule has 2 amide bonds. The minimum atomic E-state index is -1.18. The molecule has 3 atom stereocenters. The van der Waals surface area contributed by atoms with Crippen LogP contribution in [0.5, 0.6) is 5.75 Å². The number of pyridine rings is 1. The van der Waals surface area contributed by atoms with Crippen molar-refractivity contribution < 1.29 is 28.6 Å². The van der Waals surface area contributed by atoms with E-state index in [1.165, 1.54) is 24.4 Å². The van der Waals surface area contributed by atoms with Gasteiger partial charge in [0.05, 0.1) is 17.1 Å². The van der Waals surface area contributed by atoms with E-state index in [1.807, 2.05) is 4.90 Å². The Balaban J connectivity index is 1.36. The molecule has 11 heteroatoms. The molecule has 2 aliphatic rings. The van der Waals surface area contributed by atoms with E-state index in [0.29, 0.717) is 18.6 Å². The van der Waals surface area contributed by atoms with E-state index in [2.05, 4.69) is 15.6 Å². The molecular weight excluding hydrogens is 467 g/mol. The van der Waals surface area contributed by atoms with Crippen molar-refractivity contribution in [2.24, 2.45) is 0 Å². The summed E-state index contributed by atoms with van der Waals surface area (Å²) in [6.07, 6.45) is 4.40. The molecule has 9 nitrogen and oxygen atoms in total. The lowest BCUT2D eigenvalue weighted by molar-refractivity contribution is -0.136. The summed E-state index contributed by atoms with van der Waals surface area (Å²) < 4.78 is 19.1. The van der Waals surface area contributed by atoms with Crippen molar-refractivity contribution in [3.63, 3.8) is 0 Å². The highest BCUT2D eigenvalue weighted by Crippen LogP contribution is 2.37. The molecule has 2 aliphatic heterocycles. The lowest BCUT2D eigenvalue weighted by Crippen LogP contribution is -2.51. The van der Waals surface area contributed by atoms with Crippen molar-refractivity contribution in [1.29, 1.82) is 0 Å². The van der Waals surface area contributed by atoms with Gasteiger partial charge < -0.3 is 25.4 Å². The number of carboxylic acid groups (broad SMARTS) is 1. The quantitative estimate of drug-likeness (QED) is 0.520. The second-order valence-electron chi connectivity index (χ2n) is 8.33. The molecule has 0 aliphatic carbocycles. The summed E-state index contributed by atoms with van der Waals surface area (Å²) in [6, 6.07) is 7.35. The van der Waals surface area contributed by atoms with E-state index < -0.39 is 18.4 Å². The minimum Gasteiger partial charge on any atom is -0.490 e. The van der Waals surface area contributed by atoms with Crippen molar-refractivity contribution in [3.8, 4) is 5.75 Å². The van der Waals surface area contributed by atoms with E-state index in [9.17, 15) is 18.8 Å². The number of fused-ring (bicyclic) bond motifs is 2. The Kier molecular flexibility index (Phi) is 7.16. The number of nitrogens with one attached hydrogen (secondary N) is 2. The summed E-state index contributed by atoms with van der Waals surface area (Å²) in [4.78, 5) is 42.1. The molecule has 3 N–H and O–H groups in total. The maximum absolute atomic E-state index is 13.1. The molecule has 4 rings (SSSR count). The van der Waals surface area contributed by atoms with Gasteiger partial charge in [-0.3, -0.25) is 14.4 Å². The molecule has 0 radical (unpaired) electrons. The normalized spacial score (nSPS) is 21.1. The van der Waals surface area contributed by atoms with Gasteiger partial charge in [0.2, 0.25) is 5.91 Å². The lowest BCUT2D eigenvalue weighted by Gasteiger charge is -2.39. The molecule has 2 saturated heterocycles. The van der Waals surface area contributed by atoms with Crippen molar-refractivity contribution in [1.82, 2.24) is 15.2 Å². The van der Waals surface area contributed by atoms with Crippen LogP contribution >= 0.6 is 11.6 Å². The highest BCUT2D eigenvalue weighted by molar-refractivity contribution is 6.31. The number of ether oxygens (including phenoxy) is 1. The second-order valence-corrected chi connectivity index (χ2v) is 8.77. The van der Waals surface area contributed by atoms with Crippen molar-refractivity contribution in [2.45, 2.75) is 43.9 Å². The zero-order chi connectivity index (χ0) is 24.2. The van der Waals surface area contributed by atoms with E-state index in [1.54, 1.807) is 12.1 Å². The number of carboxylic acids is 1. The molecule has 1 unspecified atom stereocenters. The Hall–Kier alpha value is -3.40. The van der Waals surface area contributed by atoms with Crippen LogP contribution in [0.1, 0.15) is 36.0 Å². The first-order chi connectivity index (χ1) is 16.3. The summed E-state index contributed by atoms with van der Waals surface area (Å²) in [6.45, 7) is -0.633. The Labute approximate surface area is 200 Å². The summed E-state index contributed by atoms with van der Waals surface area (Å²) in [7, 11) is 0. The first-order valence-electron chi connectivity index (χ1n) is 10.9. The fourth-order valence-electron chi connectivity index (χ4n) is 4.59. The number of carbonyl (C=O) groups is 3. The average molecular weight is 491 g/mol.